The van der Waals surface area contributed by atoms with Gasteiger partial charge in [-0.25, -0.2) is 0 Å². The molecular weight excluding hydrogens is 228 g/mol. The quantitative estimate of drug-likeness (QED) is 0.789. The summed E-state index contributed by atoms with van der Waals surface area (Å²) in [5.41, 5.74) is 6.57. The first-order valence-electron chi connectivity index (χ1n) is 6.21. The molecule has 1 aromatic carbocycles. The number of ether oxygens (including phenoxy) is 1. The van der Waals surface area contributed by atoms with E-state index in [0.717, 1.165) is 12.8 Å². The normalized spacial score (nSPS) is 11.1. The number of benzene rings is 1. The van der Waals surface area contributed by atoms with Crippen LogP contribution in [0.4, 0.5) is 5.69 Å². The maximum atomic E-state index is 12.2. The third kappa shape index (κ3) is 3.15. The zero-order chi connectivity index (χ0) is 13.8. The Morgan fingerprint density at radius 1 is 1.39 bits per heavy atom. The number of hydrogen-bond acceptors (Lipinski definition) is 3. The zero-order valence-corrected chi connectivity index (χ0v) is 11.5. The molecule has 0 saturated carbocycles. The van der Waals surface area contributed by atoms with Gasteiger partial charge in [0.25, 0.3) is 5.91 Å². The molecule has 1 aromatic rings. The standard InChI is InChI=1S/C14H22N2O2/c1-5-14(3,6-2)16-13(17)11-8-7-10(15)9-12(11)18-4/h7-9H,5-6,15H2,1-4H3,(H,16,17). The summed E-state index contributed by atoms with van der Waals surface area (Å²) < 4.78 is 5.19. The molecular formula is C14H22N2O2. The molecule has 0 heterocycles. The van der Waals surface area contributed by atoms with E-state index in [1.807, 2.05) is 6.92 Å². The molecule has 0 bridgehead atoms. The number of amides is 1. The van der Waals surface area contributed by atoms with Gasteiger partial charge < -0.3 is 15.8 Å². The van der Waals surface area contributed by atoms with E-state index in [-0.39, 0.29) is 11.4 Å². The van der Waals surface area contributed by atoms with Crippen LogP contribution < -0.4 is 15.8 Å². The molecule has 0 radical (unpaired) electrons. The molecule has 1 amide bonds. The van der Waals surface area contributed by atoms with E-state index in [1.165, 1.54) is 7.11 Å². The minimum Gasteiger partial charge on any atom is -0.496 e. The predicted molar refractivity (Wildman–Crippen MR) is 73.9 cm³/mol. The summed E-state index contributed by atoms with van der Waals surface area (Å²) in [6, 6.07) is 5.05. The Kier molecular flexibility index (Phi) is 4.59. The Morgan fingerprint density at radius 3 is 2.50 bits per heavy atom. The van der Waals surface area contributed by atoms with E-state index in [4.69, 9.17) is 10.5 Å². The Hall–Kier alpha value is -1.71. The van der Waals surface area contributed by atoms with E-state index in [0.29, 0.717) is 17.0 Å². The number of nitrogens with two attached hydrogens (primary N) is 1. The van der Waals surface area contributed by atoms with E-state index in [1.54, 1.807) is 18.2 Å². The molecule has 0 fully saturated rings. The summed E-state index contributed by atoms with van der Waals surface area (Å²) in [5, 5.41) is 3.04. The number of anilines is 1. The maximum absolute atomic E-state index is 12.2. The lowest BCUT2D eigenvalue weighted by Crippen LogP contribution is -2.45. The first-order valence-corrected chi connectivity index (χ1v) is 6.21. The number of rotatable bonds is 5. The van der Waals surface area contributed by atoms with Crippen molar-refractivity contribution >= 4 is 11.6 Å². The van der Waals surface area contributed by atoms with Gasteiger partial charge in [-0.05, 0) is 31.9 Å². The van der Waals surface area contributed by atoms with E-state index in [2.05, 4.69) is 19.2 Å². The summed E-state index contributed by atoms with van der Waals surface area (Å²) in [7, 11) is 1.53. The molecule has 0 aliphatic rings. The summed E-state index contributed by atoms with van der Waals surface area (Å²) in [4.78, 5) is 12.2. The molecule has 0 unspecified atom stereocenters. The molecule has 0 spiro atoms. The van der Waals surface area contributed by atoms with Gasteiger partial charge in [-0.1, -0.05) is 13.8 Å². The molecule has 100 valence electrons. The molecule has 18 heavy (non-hydrogen) atoms. The van der Waals surface area contributed by atoms with Gasteiger partial charge in [0.1, 0.15) is 5.75 Å². The second kappa shape index (κ2) is 5.76. The molecule has 0 atom stereocenters. The van der Waals surface area contributed by atoms with Crippen LogP contribution in [0.5, 0.6) is 5.75 Å². The Bertz CT molecular complexity index is 426. The minimum atomic E-state index is -0.191. The van der Waals surface area contributed by atoms with Crippen LogP contribution >= 0.6 is 0 Å². The van der Waals surface area contributed by atoms with Crippen LogP contribution in [0, 0.1) is 0 Å². The van der Waals surface area contributed by atoms with Gasteiger partial charge in [-0.2, -0.15) is 0 Å². The van der Waals surface area contributed by atoms with Crippen molar-refractivity contribution in [1.29, 1.82) is 0 Å². The Balaban J connectivity index is 2.97. The highest BCUT2D eigenvalue weighted by atomic mass is 16.5. The highest BCUT2D eigenvalue weighted by Crippen LogP contribution is 2.23. The van der Waals surface area contributed by atoms with Gasteiger partial charge in [-0.15, -0.1) is 0 Å². The topological polar surface area (TPSA) is 64.4 Å². The smallest absolute Gasteiger partial charge is 0.255 e. The largest absolute Gasteiger partial charge is 0.496 e. The van der Waals surface area contributed by atoms with Crippen LogP contribution in [-0.2, 0) is 0 Å². The van der Waals surface area contributed by atoms with Crippen LogP contribution in [0.15, 0.2) is 18.2 Å². The van der Waals surface area contributed by atoms with Crippen LogP contribution in [0.1, 0.15) is 44.0 Å². The lowest BCUT2D eigenvalue weighted by molar-refractivity contribution is 0.0898. The van der Waals surface area contributed by atoms with Gasteiger partial charge in [0.2, 0.25) is 0 Å². The van der Waals surface area contributed by atoms with Gasteiger partial charge in [-0.3, -0.25) is 4.79 Å². The number of nitrogens with one attached hydrogen (secondary N) is 1. The van der Waals surface area contributed by atoms with Crippen molar-refractivity contribution in [1.82, 2.24) is 5.32 Å². The predicted octanol–water partition coefficient (Wildman–Crippen LogP) is 2.59. The monoisotopic (exact) mass is 250 g/mol. The van der Waals surface area contributed by atoms with E-state index < -0.39 is 0 Å². The number of nitrogen functional groups attached to an aromatic ring is 1. The first kappa shape index (κ1) is 14.4. The molecule has 0 aliphatic carbocycles. The second-order valence-electron chi connectivity index (χ2n) is 4.68. The fraction of sp³-hybridized carbons (Fsp3) is 0.500. The lowest BCUT2D eigenvalue weighted by atomic mass is 9.95. The summed E-state index contributed by atoms with van der Waals surface area (Å²) in [6.07, 6.45) is 1.76. The number of carbonyl (C=O) groups is 1. The Morgan fingerprint density at radius 2 is 2.00 bits per heavy atom. The minimum absolute atomic E-state index is 0.127. The van der Waals surface area contributed by atoms with Crippen molar-refractivity contribution < 1.29 is 9.53 Å². The third-order valence-corrected chi connectivity index (χ3v) is 3.45. The first-order chi connectivity index (χ1) is 8.45. The van der Waals surface area contributed by atoms with Crippen molar-refractivity contribution in [3.8, 4) is 5.75 Å². The molecule has 0 saturated heterocycles. The SMILES string of the molecule is CCC(C)(CC)NC(=O)c1ccc(N)cc1OC. The highest BCUT2D eigenvalue weighted by molar-refractivity contribution is 5.97. The molecule has 1 rings (SSSR count). The van der Waals surface area contributed by atoms with Gasteiger partial charge in [0, 0.05) is 17.3 Å². The van der Waals surface area contributed by atoms with Crippen molar-refractivity contribution in [3.05, 3.63) is 23.8 Å². The van der Waals surface area contributed by atoms with Crippen molar-refractivity contribution in [3.63, 3.8) is 0 Å². The van der Waals surface area contributed by atoms with Gasteiger partial charge in [0.15, 0.2) is 0 Å². The highest BCUT2D eigenvalue weighted by Gasteiger charge is 2.24. The summed E-state index contributed by atoms with van der Waals surface area (Å²) >= 11 is 0. The van der Waals surface area contributed by atoms with Crippen molar-refractivity contribution in [2.45, 2.75) is 39.2 Å². The third-order valence-electron chi connectivity index (χ3n) is 3.45. The summed E-state index contributed by atoms with van der Waals surface area (Å²) in [6.45, 7) is 6.16. The number of hydrogen-bond donors (Lipinski definition) is 2. The van der Waals surface area contributed by atoms with Gasteiger partial charge in [0.05, 0.1) is 12.7 Å². The fourth-order valence-electron chi connectivity index (χ4n) is 1.66. The van der Waals surface area contributed by atoms with Crippen LogP contribution in [0.2, 0.25) is 0 Å². The van der Waals surface area contributed by atoms with E-state index >= 15 is 0 Å². The molecule has 4 heteroatoms. The van der Waals surface area contributed by atoms with Crippen LogP contribution in [-0.4, -0.2) is 18.6 Å². The van der Waals surface area contributed by atoms with Gasteiger partial charge >= 0.3 is 0 Å². The molecule has 0 aliphatic heterocycles. The van der Waals surface area contributed by atoms with Crippen molar-refractivity contribution in [2.75, 3.05) is 12.8 Å². The number of methoxy groups -OCH3 is 1. The lowest BCUT2D eigenvalue weighted by Gasteiger charge is -2.28. The van der Waals surface area contributed by atoms with Crippen molar-refractivity contribution in [2.24, 2.45) is 0 Å². The maximum Gasteiger partial charge on any atom is 0.255 e. The second-order valence-corrected chi connectivity index (χ2v) is 4.68. The average molecular weight is 250 g/mol. The van der Waals surface area contributed by atoms with E-state index in [9.17, 15) is 4.79 Å². The van der Waals surface area contributed by atoms with Crippen LogP contribution in [0.25, 0.3) is 0 Å². The Labute approximate surface area is 109 Å². The zero-order valence-electron chi connectivity index (χ0n) is 11.5. The van der Waals surface area contributed by atoms with Crippen LogP contribution in [0.3, 0.4) is 0 Å². The fourth-order valence-corrected chi connectivity index (χ4v) is 1.66. The number of carbonyl (C=O) groups excluding carboxylic acids is 1. The molecule has 3 N–H and O–H groups in total. The average Bonchev–Trinajstić information content (AvgIpc) is 2.38. The molecule has 4 nitrogen and oxygen atoms in total. The molecule has 0 aromatic heterocycles. The summed E-state index contributed by atoms with van der Waals surface area (Å²) in [5.74, 6) is 0.375.